The molecular weight excluding hydrogens is 542 g/mol. The number of benzene rings is 2. The number of rotatable bonds is 8. The van der Waals surface area contributed by atoms with E-state index in [9.17, 15) is 22.8 Å². The van der Waals surface area contributed by atoms with Crippen molar-refractivity contribution in [1.82, 2.24) is 25.5 Å². The first-order valence-electron chi connectivity index (χ1n) is 13.2. The van der Waals surface area contributed by atoms with Crippen LogP contribution < -0.4 is 10.6 Å². The third kappa shape index (κ3) is 6.30. The number of amides is 3. The van der Waals surface area contributed by atoms with Gasteiger partial charge in [0.25, 0.3) is 5.91 Å². The van der Waals surface area contributed by atoms with E-state index in [1.807, 2.05) is 54.6 Å². The van der Waals surface area contributed by atoms with Crippen molar-refractivity contribution in [1.29, 1.82) is 0 Å². The van der Waals surface area contributed by atoms with Gasteiger partial charge in [0.1, 0.15) is 6.04 Å². The molecule has 1 aliphatic rings. The molecule has 4 aromatic rings. The molecule has 3 N–H and O–H groups in total. The predicted octanol–water partition coefficient (Wildman–Crippen LogP) is 2.85. The average Bonchev–Trinajstić information content (AvgIpc) is 3.62. The monoisotopic (exact) mass is 573 g/mol. The van der Waals surface area contributed by atoms with Crippen LogP contribution in [0.5, 0.6) is 0 Å². The van der Waals surface area contributed by atoms with Gasteiger partial charge in [-0.15, -0.1) is 0 Å². The molecule has 0 aliphatic carbocycles. The molecule has 41 heavy (non-hydrogen) atoms. The number of carbonyl (C=O) groups excluding carboxylic acids is 3. The lowest BCUT2D eigenvalue weighted by Crippen LogP contribution is -2.49. The van der Waals surface area contributed by atoms with Crippen molar-refractivity contribution < 1.29 is 22.8 Å². The number of aromatic nitrogens is 2. The molecule has 3 heterocycles. The zero-order valence-corrected chi connectivity index (χ0v) is 23.5. The zero-order valence-electron chi connectivity index (χ0n) is 22.7. The summed E-state index contributed by atoms with van der Waals surface area (Å²) in [5.74, 6) is -1.44. The van der Waals surface area contributed by atoms with Crippen molar-refractivity contribution >= 4 is 38.5 Å². The van der Waals surface area contributed by atoms with Crippen molar-refractivity contribution in [2.45, 2.75) is 30.7 Å². The average molecular weight is 574 g/mol. The number of nitrogens with one attached hydrogen (secondary N) is 3. The fraction of sp³-hybridized carbons (Fsp3) is 0.267. The van der Waals surface area contributed by atoms with Gasteiger partial charge in [0.15, 0.2) is 9.84 Å². The number of H-pyrrole nitrogens is 1. The first kappa shape index (κ1) is 28.0. The Hall–Kier alpha value is -4.51. The molecule has 11 heteroatoms. The summed E-state index contributed by atoms with van der Waals surface area (Å²) in [6, 6.07) is 19.0. The summed E-state index contributed by atoms with van der Waals surface area (Å²) in [4.78, 5) is 47.9. The summed E-state index contributed by atoms with van der Waals surface area (Å²) in [6.45, 7) is 1.31. The minimum absolute atomic E-state index is 0.0192. The van der Waals surface area contributed by atoms with Gasteiger partial charge in [-0.2, -0.15) is 0 Å². The highest BCUT2D eigenvalue weighted by atomic mass is 32.2. The predicted molar refractivity (Wildman–Crippen MR) is 156 cm³/mol. The molecule has 0 bridgehead atoms. The zero-order chi connectivity index (χ0) is 29.1. The molecule has 5 rings (SSSR count). The molecule has 2 aromatic heterocycles. The van der Waals surface area contributed by atoms with Gasteiger partial charge in [0, 0.05) is 47.4 Å². The van der Waals surface area contributed by atoms with Crippen LogP contribution in [-0.2, 0) is 19.4 Å². The van der Waals surface area contributed by atoms with Crippen LogP contribution >= 0.6 is 0 Å². The van der Waals surface area contributed by atoms with Crippen molar-refractivity contribution in [2.75, 3.05) is 19.3 Å². The molecule has 1 fully saturated rings. The van der Waals surface area contributed by atoms with Crippen LogP contribution in [0, 0.1) is 0 Å². The highest BCUT2D eigenvalue weighted by Gasteiger charge is 2.43. The van der Waals surface area contributed by atoms with Crippen LogP contribution in [-0.4, -0.2) is 71.6 Å². The lowest BCUT2D eigenvalue weighted by molar-refractivity contribution is -0.137. The highest BCUT2D eigenvalue weighted by molar-refractivity contribution is 7.91. The lowest BCUT2D eigenvalue weighted by atomic mass is 10.0. The molecule has 0 saturated carbocycles. The Morgan fingerprint density at radius 3 is 2.44 bits per heavy atom. The first-order chi connectivity index (χ1) is 19.6. The molecule has 212 valence electrons. The van der Waals surface area contributed by atoms with Gasteiger partial charge < -0.3 is 20.5 Å². The van der Waals surface area contributed by atoms with Crippen LogP contribution in [0.3, 0.4) is 0 Å². The number of hydrogen-bond donors (Lipinski definition) is 3. The molecule has 1 saturated heterocycles. The summed E-state index contributed by atoms with van der Waals surface area (Å²) >= 11 is 0. The van der Waals surface area contributed by atoms with Crippen LogP contribution in [0.1, 0.15) is 35.4 Å². The largest absolute Gasteiger partial charge is 0.357 e. The van der Waals surface area contributed by atoms with Crippen LogP contribution in [0.15, 0.2) is 79.1 Å². The van der Waals surface area contributed by atoms with Gasteiger partial charge in [-0.1, -0.05) is 42.5 Å². The minimum atomic E-state index is -3.51. The number of sulfone groups is 1. The fourth-order valence-corrected chi connectivity index (χ4v) is 6.01. The smallest absolute Gasteiger partial charge is 0.251 e. The van der Waals surface area contributed by atoms with E-state index in [2.05, 4.69) is 20.6 Å². The topological polar surface area (TPSA) is 141 Å². The van der Waals surface area contributed by atoms with Gasteiger partial charge >= 0.3 is 0 Å². The van der Waals surface area contributed by atoms with Crippen LogP contribution in [0.4, 0.5) is 0 Å². The van der Waals surface area contributed by atoms with Crippen molar-refractivity contribution in [2.24, 2.45) is 0 Å². The number of nitrogens with zero attached hydrogens (tertiary/aromatic N) is 2. The third-order valence-electron chi connectivity index (χ3n) is 7.41. The second-order valence-corrected chi connectivity index (χ2v) is 12.6. The van der Waals surface area contributed by atoms with Gasteiger partial charge in [-0.3, -0.25) is 19.4 Å². The number of pyridine rings is 1. The third-order valence-corrected chi connectivity index (χ3v) is 8.97. The molecule has 10 nitrogen and oxygen atoms in total. The summed E-state index contributed by atoms with van der Waals surface area (Å²) in [6.07, 6.45) is 4.46. The Morgan fingerprint density at radius 2 is 1.76 bits per heavy atom. The Morgan fingerprint density at radius 1 is 1.05 bits per heavy atom. The number of aromatic amines is 1. The maximum atomic E-state index is 13.3. The summed E-state index contributed by atoms with van der Waals surface area (Å²) in [5, 5.41) is 5.52. The second kappa shape index (κ2) is 11.5. The fourth-order valence-electron chi connectivity index (χ4n) is 5.05. The van der Waals surface area contributed by atoms with E-state index in [0.717, 1.165) is 34.0 Å². The SMILES string of the molecule is C[C@@H](NC(=O)[C@@H]1C[C@@H](S(C)(=O)=O)CN1C(=O)CNC(=O)c1ccc(-c2ccccc2)cc1)c1cc2cnccc2[nH]1. The number of likely N-dealkylation sites (tertiary alicyclic amines) is 1. The van der Waals surface area contributed by atoms with Crippen molar-refractivity contribution in [3.8, 4) is 11.1 Å². The van der Waals surface area contributed by atoms with E-state index in [1.165, 1.54) is 4.90 Å². The summed E-state index contributed by atoms with van der Waals surface area (Å²) in [5.41, 5.74) is 3.97. The second-order valence-electron chi connectivity index (χ2n) is 10.3. The van der Waals surface area contributed by atoms with Gasteiger partial charge in [0.2, 0.25) is 11.8 Å². The lowest BCUT2D eigenvalue weighted by Gasteiger charge is -2.25. The summed E-state index contributed by atoms with van der Waals surface area (Å²) < 4.78 is 24.7. The van der Waals surface area contributed by atoms with E-state index in [-0.39, 0.29) is 19.5 Å². The van der Waals surface area contributed by atoms with Crippen molar-refractivity contribution in [3.63, 3.8) is 0 Å². The molecule has 0 radical (unpaired) electrons. The maximum Gasteiger partial charge on any atom is 0.251 e. The van der Waals surface area contributed by atoms with Crippen molar-refractivity contribution in [3.05, 3.63) is 90.4 Å². The Balaban J connectivity index is 1.24. The minimum Gasteiger partial charge on any atom is -0.357 e. The number of carbonyl (C=O) groups is 3. The Bertz CT molecular complexity index is 1650. The summed E-state index contributed by atoms with van der Waals surface area (Å²) in [7, 11) is -3.51. The molecular formula is C30H31N5O5S. The highest BCUT2D eigenvalue weighted by Crippen LogP contribution is 2.25. The molecule has 1 aliphatic heterocycles. The standard InChI is InChI=1S/C30H31N5O5S/c1-19(26-14-23-16-31-13-12-25(23)34-26)33-30(38)27-15-24(41(2,39)40)18-35(27)28(36)17-32-29(37)22-10-8-21(9-11-22)20-6-4-3-5-7-20/h3-14,16,19,24,27,34H,15,17-18H2,1-2H3,(H,32,37)(H,33,38)/t19-,24-,27+/m1/s1. The molecule has 2 aromatic carbocycles. The van der Waals surface area contributed by atoms with Gasteiger partial charge in [0.05, 0.1) is 17.8 Å². The number of fused-ring (bicyclic) bond motifs is 1. The maximum absolute atomic E-state index is 13.3. The van der Waals surface area contributed by atoms with Crippen LogP contribution in [0.25, 0.3) is 22.0 Å². The van der Waals surface area contributed by atoms with Crippen LogP contribution in [0.2, 0.25) is 0 Å². The molecule has 0 spiro atoms. The molecule has 3 amide bonds. The Labute approximate surface area is 238 Å². The van der Waals surface area contributed by atoms with E-state index in [1.54, 1.807) is 31.5 Å². The van der Waals surface area contributed by atoms with E-state index in [4.69, 9.17) is 0 Å². The van der Waals surface area contributed by atoms with E-state index < -0.39 is 44.9 Å². The number of hydrogen-bond acceptors (Lipinski definition) is 6. The first-order valence-corrected chi connectivity index (χ1v) is 15.2. The molecule has 0 unspecified atom stereocenters. The molecule has 3 atom stereocenters. The quantitative estimate of drug-likeness (QED) is 0.296. The van der Waals surface area contributed by atoms with Gasteiger partial charge in [-0.05, 0) is 48.7 Å². The van der Waals surface area contributed by atoms with E-state index >= 15 is 0 Å². The van der Waals surface area contributed by atoms with E-state index in [0.29, 0.717) is 5.56 Å². The van der Waals surface area contributed by atoms with Gasteiger partial charge in [-0.25, -0.2) is 8.42 Å². The Kier molecular flexibility index (Phi) is 7.89. The normalized spacial score (nSPS) is 17.8.